The van der Waals surface area contributed by atoms with E-state index in [4.69, 9.17) is 4.42 Å². The number of fused-ring (bicyclic) bond motifs is 2. The molecule has 6 heteroatoms. The molecule has 1 aliphatic rings. The lowest BCUT2D eigenvalue weighted by atomic mass is 10.2. The lowest BCUT2D eigenvalue weighted by Gasteiger charge is -2.13. The number of pyridine rings is 1. The third-order valence-electron chi connectivity index (χ3n) is 4.34. The fraction of sp³-hybridized carbons (Fsp3) is 0. The molecular formula is C20H11N3O3. The standard InChI is InChI=1S/C20H11N3O3/c24-19-14-8-9-21-11-15(14)20(25)23(19)13-6-7-17-16(10-13)22-18(26-17)12-4-2-1-3-5-12/h1-11H. The minimum Gasteiger partial charge on any atom is -0.436 e. The Hall–Kier alpha value is -3.80. The molecule has 3 heterocycles. The highest BCUT2D eigenvalue weighted by Crippen LogP contribution is 2.31. The average Bonchev–Trinajstić information content (AvgIpc) is 3.22. The topological polar surface area (TPSA) is 76.3 Å². The summed E-state index contributed by atoms with van der Waals surface area (Å²) in [5, 5.41) is 0. The fourth-order valence-electron chi connectivity index (χ4n) is 3.08. The molecule has 0 saturated carbocycles. The Bertz CT molecular complexity index is 1150. The molecule has 0 bridgehead atoms. The largest absolute Gasteiger partial charge is 0.436 e. The predicted octanol–water partition coefficient (Wildman–Crippen LogP) is 3.69. The second kappa shape index (κ2) is 5.35. The summed E-state index contributed by atoms with van der Waals surface area (Å²) in [5.41, 5.74) is 3.15. The molecule has 1 aliphatic heterocycles. The summed E-state index contributed by atoms with van der Waals surface area (Å²) in [5.74, 6) is -0.257. The Morgan fingerprint density at radius 2 is 1.69 bits per heavy atom. The van der Waals surface area contributed by atoms with Gasteiger partial charge in [-0.3, -0.25) is 14.6 Å². The molecule has 26 heavy (non-hydrogen) atoms. The monoisotopic (exact) mass is 341 g/mol. The zero-order chi connectivity index (χ0) is 17.7. The van der Waals surface area contributed by atoms with Crippen molar-refractivity contribution >= 4 is 28.6 Å². The first kappa shape index (κ1) is 14.5. The van der Waals surface area contributed by atoms with Crippen LogP contribution in [0.2, 0.25) is 0 Å². The Balaban J connectivity index is 1.59. The van der Waals surface area contributed by atoms with Crippen LogP contribution in [-0.4, -0.2) is 21.8 Å². The summed E-state index contributed by atoms with van der Waals surface area (Å²) in [6, 6.07) is 16.2. The molecule has 0 aliphatic carbocycles. The van der Waals surface area contributed by atoms with Gasteiger partial charge in [0.1, 0.15) is 5.52 Å². The third kappa shape index (κ3) is 2.05. The van der Waals surface area contributed by atoms with E-state index in [-0.39, 0.29) is 11.8 Å². The van der Waals surface area contributed by atoms with E-state index in [1.54, 1.807) is 24.3 Å². The Labute approximate surface area is 147 Å². The SMILES string of the molecule is O=C1c2ccncc2C(=O)N1c1ccc2oc(-c3ccccc3)nc2c1. The molecule has 2 amide bonds. The second-order valence-electron chi connectivity index (χ2n) is 5.90. The van der Waals surface area contributed by atoms with Crippen LogP contribution in [0.15, 0.2) is 71.4 Å². The van der Waals surface area contributed by atoms with Gasteiger partial charge in [0.25, 0.3) is 11.8 Å². The summed E-state index contributed by atoms with van der Waals surface area (Å²) >= 11 is 0. The van der Waals surface area contributed by atoms with Gasteiger partial charge in [-0.2, -0.15) is 0 Å². The van der Waals surface area contributed by atoms with Crippen LogP contribution in [0.25, 0.3) is 22.6 Å². The van der Waals surface area contributed by atoms with E-state index >= 15 is 0 Å². The van der Waals surface area contributed by atoms with Gasteiger partial charge in [-0.1, -0.05) is 18.2 Å². The molecule has 4 aromatic rings. The third-order valence-corrected chi connectivity index (χ3v) is 4.34. The van der Waals surface area contributed by atoms with Crippen molar-refractivity contribution in [3.63, 3.8) is 0 Å². The summed E-state index contributed by atoms with van der Waals surface area (Å²) < 4.78 is 5.78. The van der Waals surface area contributed by atoms with Gasteiger partial charge < -0.3 is 4.42 Å². The van der Waals surface area contributed by atoms with Crippen molar-refractivity contribution in [2.75, 3.05) is 4.90 Å². The van der Waals surface area contributed by atoms with Crippen LogP contribution < -0.4 is 4.90 Å². The first-order chi connectivity index (χ1) is 12.7. The maximum atomic E-state index is 12.6. The molecule has 0 unspecified atom stereocenters. The summed E-state index contributed by atoms with van der Waals surface area (Å²) in [6.07, 6.45) is 2.91. The number of hydrogen-bond donors (Lipinski definition) is 0. The second-order valence-corrected chi connectivity index (χ2v) is 5.90. The first-order valence-corrected chi connectivity index (χ1v) is 8.01. The molecule has 0 spiro atoms. The van der Waals surface area contributed by atoms with Gasteiger partial charge in [-0.05, 0) is 36.4 Å². The van der Waals surface area contributed by atoms with E-state index in [1.807, 2.05) is 30.3 Å². The zero-order valence-electron chi connectivity index (χ0n) is 13.4. The number of aromatic nitrogens is 2. The normalized spacial score (nSPS) is 13.5. The number of nitrogens with zero attached hydrogens (tertiary/aromatic N) is 3. The fourth-order valence-corrected chi connectivity index (χ4v) is 3.08. The van der Waals surface area contributed by atoms with Crippen LogP contribution >= 0.6 is 0 Å². The van der Waals surface area contributed by atoms with Crippen LogP contribution in [-0.2, 0) is 0 Å². The molecule has 0 atom stereocenters. The predicted molar refractivity (Wildman–Crippen MR) is 94.8 cm³/mol. The lowest BCUT2D eigenvalue weighted by molar-refractivity contribution is 0.0926. The number of benzene rings is 2. The van der Waals surface area contributed by atoms with E-state index in [9.17, 15) is 9.59 Å². The number of hydrogen-bond acceptors (Lipinski definition) is 5. The molecule has 6 nitrogen and oxygen atoms in total. The summed E-state index contributed by atoms with van der Waals surface area (Å²) in [4.78, 5) is 34.8. The van der Waals surface area contributed by atoms with Crippen molar-refractivity contribution in [1.82, 2.24) is 9.97 Å². The number of amides is 2. The number of rotatable bonds is 2. The molecule has 0 N–H and O–H groups in total. The van der Waals surface area contributed by atoms with Crippen molar-refractivity contribution in [2.45, 2.75) is 0 Å². The zero-order valence-corrected chi connectivity index (χ0v) is 13.4. The van der Waals surface area contributed by atoms with Crippen LogP contribution in [0.3, 0.4) is 0 Å². The molecule has 2 aromatic heterocycles. The maximum Gasteiger partial charge on any atom is 0.267 e. The molecular weight excluding hydrogens is 330 g/mol. The van der Waals surface area contributed by atoms with Crippen LogP contribution in [0.1, 0.15) is 20.7 Å². The highest BCUT2D eigenvalue weighted by atomic mass is 16.3. The molecule has 5 rings (SSSR count). The van der Waals surface area contributed by atoms with E-state index in [2.05, 4.69) is 9.97 Å². The van der Waals surface area contributed by atoms with Crippen LogP contribution in [0.4, 0.5) is 5.69 Å². The highest BCUT2D eigenvalue weighted by Gasteiger charge is 2.36. The van der Waals surface area contributed by atoms with Crippen LogP contribution in [0, 0.1) is 0 Å². The van der Waals surface area contributed by atoms with Gasteiger partial charge in [-0.25, -0.2) is 9.88 Å². The van der Waals surface area contributed by atoms with Crippen molar-refractivity contribution < 1.29 is 14.0 Å². The van der Waals surface area contributed by atoms with Crippen molar-refractivity contribution in [3.05, 3.63) is 78.1 Å². The maximum absolute atomic E-state index is 12.6. The van der Waals surface area contributed by atoms with Gasteiger partial charge in [0, 0.05) is 18.0 Å². The van der Waals surface area contributed by atoms with Gasteiger partial charge >= 0.3 is 0 Å². The highest BCUT2D eigenvalue weighted by molar-refractivity contribution is 6.34. The average molecular weight is 341 g/mol. The lowest BCUT2D eigenvalue weighted by Crippen LogP contribution is -2.29. The molecule has 0 radical (unpaired) electrons. The number of carbonyl (C=O) groups is 2. The minimum absolute atomic E-state index is 0.308. The Morgan fingerprint density at radius 1 is 0.885 bits per heavy atom. The minimum atomic E-state index is -0.385. The molecule has 124 valence electrons. The number of oxazole rings is 1. The first-order valence-electron chi connectivity index (χ1n) is 8.01. The van der Waals surface area contributed by atoms with E-state index in [1.165, 1.54) is 12.4 Å². The smallest absolute Gasteiger partial charge is 0.267 e. The molecule has 0 saturated heterocycles. The molecule has 0 fully saturated rings. The van der Waals surface area contributed by atoms with Crippen molar-refractivity contribution in [3.8, 4) is 11.5 Å². The van der Waals surface area contributed by atoms with Gasteiger partial charge in [0.15, 0.2) is 5.58 Å². The number of imide groups is 1. The van der Waals surface area contributed by atoms with Crippen molar-refractivity contribution in [2.24, 2.45) is 0 Å². The summed E-state index contributed by atoms with van der Waals surface area (Å²) in [7, 11) is 0. The van der Waals surface area contributed by atoms with Crippen LogP contribution in [0.5, 0.6) is 0 Å². The van der Waals surface area contributed by atoms with E-state index in [0.717, 1.165) is 10.5 Å². The molecule has 2 aromatic carbocycles. The van der Waals surface area contributed by atoms with E-state index in [0.29, 0.717) is 33.8 Å². The number of carbonyl (C=O) groups excluding carboxylic acids is 2. The summed E-state index contributed by atoms with van der Waals surface area (Å²) in [6.45, 7) is 0. The Kier molecular flexibility index (Phi) is 2.99. The van der Waals surface area contributed by atoms with Gasteiger partial charge in [0.05, 0.1) is 16.8 Å². The quantitative estimate of drug-likeness (QED) is 0.520. The number of anilines is 1. The Morgan fingerprint density at radius 3 is 2.50 bits per heavy atom. The van der Waals surface area contributed by atoms with Gasteiger partial charge in [-0.15, -0.1) is 0 Å². The van der Waals surface area contributed by atoms with Crippen molar-refractivity contribution in [1.29, 1.82) is 0 Å². The van der Waals surface area contributed by atoms with Gasteiger partial charge in [0.2, 0.25) is 5.89 Å². The van der Waals surface area contributed by atoms with E-state index < -0.39 is 0 Å².